The predicted molar refractivity (Wildman–Crippen MR) is 128 cm³/mol. The first kappa shape index (κ1) is 23.7. The number of carbonyl (C=O) groups is 2. The third-order valence-corrected chi connectivity index (χ3v) is 5.69. The van der Waals surface area contributed by atoms with Gasteiger partial charge in [0.05, 0.1) is 13.2 Å². The number of benzene rings is 2. The van der Waals surface area contributed by atoms with Crippen molar-refractivity contribution in [3.05, 3.63) is 59.8 Å². The van der Waals surface area contributed by atoms with Crippen LogP contribution in [-0.2, 0) is 19.1 Å². The number of nitrogens with one attached hydrogen (secondary N) is 1. The second-order valence-corrected chi connectivity index (χ2v) is 9.33. The van der Waals surface area contributed by atoms with Gasteiger partial charge >= 0.3 is 11.9 Å². The summed E-state index contributed by atoms with van der Waals surface area (Å²) in [5.74, 6) is -2.82. The Hall–Kier alpha value is -3.48. The summed E-state index contributed by atoms with van der Waals surface area (Å²) in [5, 5.41) is 0.913. The first-order chi connectivity index (χ1) is 16.2. The average molecular weight is 466 g/mol. The van der Waals surface area contributed by atoms with Crippen LogP contribution in [0.3, 0.4) is 0 Å². The number of esters is 2. The number of fused-ring (bicyclic) bond motifs is 1. The third kappa shape index (κ3) is 4.74. The molecule has 1 atom stereocenters. The molecule has 3 aromatic rings. The van der Waals surface area contributed by atoms with E-state index in [0.29, 0.717) is 30.6 Å². The maximum absolute atomic E-state index is 13.1. The summed E-state index contributed by atoms with van der Waals surface area (Å²) in [6.07, 6.45) is 1.83. The summed E-state index contributed by atoms with van der Waals surface area (Å²) < 4.78 is 22.8. The standard InChI is InChI=1S/C27H31NO6/c1-6-31-22-13-17(11-12-21(22)32-15-16(2)3)23(19-14-28-20-10-8-7-9-18(19)20)24-25(29)33-27(4,5)34-26(24)30/h7-14,16,23-24,28H,6,15H2,1-5H3/t23-/m0/s1. The Morgan fingerprint density at radius 2 is 1.71 bits per heavy atom. The molecule has 0 bridgehead atoms. The van der Waals surface area contributed by atoms with Gasteiger partial charge in [0.1, 0.15) is 0 Å². The van der Waals surface area contributed by atoms with Crippen LogP contribution in [0.15, 0.2) is 48.7 Å². The predicted octanol–water partition coefficient (Wildman–Crippen LogP) is 5.19. The molecule has 0 unspecified atom stereocenters. The van der Waals surface area contributed by atoms with Crippen LogP contribution in [0.2, 0.25) is 0 Å². The molecule has 7 nitrogen and oxygen atoms in total. The van der Waals surface area contributed by atoms with Crippen molar-refractivity contribution in [2.45, 2.75) is 46.3 Å². The molecule has 0 aliphatic carbocycles. The lowest BCUT2D eigenvalue weighted by Crippen LogP contribution is -2.48. The molecule has 34 heavy (non-hydrogen) atoms. The van der Waals surface area contributed by atoms with Crippen molar-refractivity contribution >= 4 is 22.8 Å². The fourth-order valence-electron chi connectivity index (χ4n) is 4.27. The second-order valence-electron chi connectivity index (χ2n) is 9.33. The molecule has 0 radical (unpaired) electrons. The molecule has 0 saturated carbocycles. The fraction of sp³-hybridized carbons (Fsp3) is 0.407. The summed E-state index contributed by atoms with van der Waals surface area (Å²) in [7, 11) is 0. The van der Waals surface area contributed by atoms with Crippen molar-refractivity contribution < 1.29 is 28.5 Å². The van der Waals surface area contributed by atoms with Gasteiger partial charge in [0.2, 0.25) is 0 Å². The van der Waals surface area contributed by atoms with Crippen LogP contribution in [0, 0.1) is 11.8 Å². The molecule has 0 amide bonds. The van der Waals surface area contributed by atoms with Gasteiger partial charge in [-0.15, -0.1) is 0 Å². The van der Waals surface area contributed by atoms with Gasteiger partial charge in [-0.3, -0.25) is 9.59 Å². The average Bonchev–Trinajstić information content (AvgIpc) is 3.18. The number of cyclic esters (lactones) is 2. The van der Waals surface area contributed by atoms with Gasteiger partial charge in [-0.2, -0.15) is 0 Å². The molecule has 1 saturated heterocycles. The Morgan fingerprint density at radius 1 is 1.00 bits per heavy atom. The summed E-state index contributed by atoms with van der Waals surface area (Å²) in [6.45, 7) is 10.1. The zero-order valence-electron chi connectivity index (χ0n) is 20.2. The first-order valence-corrected chi connectivity index (χ1v) is 11.6. The molecule has 1 aliphatic rings. The van der Waals surface area contributed by atoms with Crippen LogP contribution in [0.4, 0.5) is 0 Å². The molecule has 0 spiro atoms. The SMILES string of the molecule is CCOc1cc([C@@H](c2c[nH]c3ccccc23)C2C(=O)OC(C)(C)OC2=O)ccc1OCC(C)C. The summed E-state index contributed by atoms with van der Waals surface area (Å²) in [5.41, 5.74) is 2.43. The van der Waals surface area contributed by atoms with Crippen molar-refractivity contribution in [2.24, 2.45) is 11.8 Å². The third-order valence-electron chi connectivity index (χ3n) is 5.69. The van der Waals surface area contributed by atoms with Crippen molar-refractivity contribution in [3.8, 4) is 11.5 Å². The van der Waals surface area contributed by atoms with Crippen molar-refractivity contribution in [2.75, 3.05) is 13.2 Å². The van der Waals surface area contributed by atoms with E-state index in [4.69, 9.17) is 18.9 Å². The number of rotatable bonds is 8. The summed E-state index contributed by atoms with van der Waals surface area (Å²) >= 11 is 0. The highest BCUT2D eigenvalue weighted by molar-refractivity contribution is 5.99. The molecule has 1 N–H and O–H groups in total. The van der Waals surface area contributed by atoms with Gasteiger partial charge in [0, 0.05) is 36.9 Å². The molecule has 7 heteroatoms. The lowest BCUT2D eigenvalue weighted by molar-refractivity contribution is -0.240. The number of carbonyl (C=O) groups excluding carboxylic acids is 2. The van der Waals surface area contributed by atoms with E-state index in [1.807, 2.05) is 55.6 Å². The van der Waals surface area contributed by atoms with Crippen LogP contribution in [0.25, 0.3) is 10.9 Å². The second kappa shape index (κ2) is 9.41. The van der Waals surface area contributed by atoms with E-state index >= 15 is 0 Å². The van der Waals surface area contributed by atoms with Crippen molar-refractivity contribution in [3.63, 3.8) is 0 Å². The number of ether oxygens (including phenoxy) is 4. The van der Waals surface area contributed by atoms with Gasteiger partial charge in [0.25, 0.3) is 5.79 Å². The smallest absolute Gasteiger partial charge is 0.324 e. The van der Waals surface area contributed by atoms with Crippen LogP contribution in [-0.4, -0.2) is 35.9 Å². The highest BCUT2D eigenvalue weighted by atomic mass is 16.7. The number of aromatic amines is 1. The molecule has 180 valence electrons. The minimum atomic E-state index is -1.31. The molecular weight excluding hydrogens is 434 g/mol. The van der Waals surface area contributed by atoms with Gasteiger partial charge in [-0.25, -0.2) is 0 Å². The number of para-hydroxylation sites is 1. The fourth-order valence-corrected chi connectivity index (χ4v) is 4.27. The molecule has 2 aromatic carbocycles. The number of H-pyrrole nitrogens is 1. The number of aromatic nitrogens is 1. The molecule has 2 heterocycles. The summed E-state index contributed by atoms with van der Waals surface area (Å²) in [4.78, 5) is 29.5. The monoisotopic (exact) mass is 465 g/mol. The lowest BCUT2D eigenvalue weighted by Gasteiger charge is -2.36. The Labute approximate surface area is 199 Å². The molecule has 1 fully saturated rings. The Balaban J connectivity index is 1.84. The Bertz CT molecular complexity index is 1170. The van der Waals surface area contributed by atoms with E-state index in [1.165, 1.54) is 0 Å². The lowest BCUT2D eigenvalue weighted by atomic mass is 9.80. The van der Waals surface area contributed by atoms with Crippen LogP contribution < -0.4 is 9.47 Å². The number of hydrogen-bond acceptors (Lipinski definition) is 6. The van der Waals surface area contributed by atoms with E-state index in [1.54, 1.807) is 13.8 Å². The van der Waals surface area contributed by atoms with E-state index in [0.717, 1.165) is 22.0 Å². The number of hydrogen-bond donors (Lipinski definition) is 1. The largest absolute Gasteiger partial charge is 0.490 e. The van der Waals surface area contributed by atoms with E-state index < -0.39 is 29.6 Å². The zero-order chi connectivity index (χ0) is 24.5. The van der Waals surface area contributed by atoms with Gasteiger partial charge in [0.15, 0.2) is 17.4 Å². The van der Waals surface area contributed by atoms with E-state index in [2.05, 4.69) is 18.8 Å². The van der Waals surface area contributed by atoms with E-state index in [-0.39, 0.29) is 0 Å². The Kier molecular flexibility index (Phi) is 6.55. The van der Waals surface area contributed by atoms with Crippen LogP contribution in [0.5, 0.6) is 11.5 Å². The quantitative estimate of drug-likeness (QED) is 0.364. The van der Waals surface area contributed by atoms with Crippen LogP contribution >= 0.6 is 0 Å². The highest BCUT2D eigenvalue weighted by Crippen LogP contribution is 2.43. The van der Waals surface area contributed by atoms with Crippen LogP contribution in [0.1, 0.15) is 51.7 Å². The minimum Gasteiger partial charge on any atom is -0.490 e. The van der Waals surface area contributed by atoms with Gasteiger partial charge in [-0.1, -0.05) is 38.1 Å². The maximum atomic E-state index is 13.1. The van der Waals surface area contributed by atoms with Crippen molar-refractivity contribution in [1.29, 1.82) is 0 Å². The van der Waals surface area contributed by atoms with Crippen molar-refractivity contribution in [1.82, 2.24) is 4.98 Å². The van der Waals surface area contributed by atoms with E-state index in [9.17, 15) is 9.59 Å². The molecule has 1 aliphatic heterocycles. The minimum absolute atomic E-state index is 0.350. The maximum Gasteiger partial charge on any atom is 0.324 e. The van der Waals surface area contributed by atoms with Gasteiger partial charge < -0.3 is 23.9 Å². The zero-order valence-corrected chi connectivity index (χ0v) is 20.2. The molecular formula is C27H31NO6. The van der Waals surface area contributed by atoms with Gasteiger partial charge in [-0.05, 0) is 42.2 Å². The molecule has 1 aromatic heterocycles. The molecule has 4 rings (SSSR count). The highest BCUT2D eigenvalue weighted by Gasteiger charge is 2.48. The topological polar surface area (TPSA) is 86.9 Å². The summed E-state index contributed by atoms with van der Waals surface area (Å²) in [6, 6.07) is 13.3. The Morgan fingerprint density at radius 3 is 2.38 bits per heavy atom. The first-order valence-electron chi connectivity index (χ1n) is 11.6. The normalized spacial score (nSPS) is 16.9.